The molecule has 1 saturated heterocycles. The van der Waals surface area contributed by atoms with Gasteiger partial charge in [-0.1, -0.05) is 0 Å². The highest BCUT2D eigenvalue weighted by atomic mass is 19.4. The van der Waals surface area contributed by atoms with Crippen molar-refractivity contribution in [3.05, 3.63) is 0 Å². The van der Waals surface area contributed by atoms with E-state index in [9.17, 15) is 18.0 Å². The number of carbonyl (C=O) groups excluding carboxylic acids is 1. The molecule has 6 heteroatoms. The fraction of sp³-hybridized carbons (Fsp3) is 0.875. The molecule has 0 radical (unpaired) electrons. The van der Waals surface area contributed by atoms with E-state index < -0.39 is 23.4 Å². The number of ketones is 1. The zero-order chi connectivity index (χ0) is 10.4. The van der Waals surface area contributed by atoms with Crippen LogP contribution in [0.5, 0.6) is 0 Å². The molecular formula is C8H11F3N2O. The summed E-state index contributed by atoms with van der Waals surface area (Å²) in [5.41, 5.74) is -0.606. The van der Waals surface area contributed by atoms with Crippen LogP contribution in [0.3, 0.4) is 0 Å². The largest absolute Gasteiger partial charge is 0.450 e. The van der Waals surface area contributed by atoms with Gasteiger partial charge in [0.2, 0.25) is 5.78 Å². The molecule has 1 spiro atoms. The minimum atomic E-state index is -4.69. The molecule has 1 aliphatic heterocycles. The Morgan fingerprint density at radius 1 is 1.36 bits per heavy atom. The van der Waals surface area contributed by atoms with Gasteiger partial charge in [-0.05, 0) is 6.42 Å². The fourth-order valence-electron chi connectivity index (χ4n) is 2.01. The van der Waals surface area contributed by atoms with Gasteiger partial charge in [0, 0.05) is 31.1 Å². The van der Waals surface area contributed by atoms with Gasteiger partial charge in [-0.3, -0.25) is 4.79 Å². The molecule has 0 aromatic rings. The fourth-order valence-corrected chi connectivity index (χ4v) is 2.01. The zero-order valence-corrected chi connectivity index (χ0v) is 7.45. The van der Waals surface area contributed by atoms with Crippen molar-refractivity contribution in [2.24, 2.45) is 5.92 Å². The summed E-state index contributed by atoms with van der Waals surface area (Å²) >= 11 is 0. The Hall–Kier alpha value is -0.620. The normalized spacial score (nSPS) is 37.2. The Kier molecular flexibility index (Phi) is 2.08. The number of piperazine rings is 1. The van der Waals surface area contributed by atoms with Crippen LogP contribution >= 0.6 is 0 Å². The maximum absolute atomic E-state index is 12.1. The van der Waals surface area contributed by atoms with Gasteiger partial charge in [0.25, 0.3) is 0 Å². The number of hydrogen-bond acceptors (Lipinski definition) is 3. The van der Waals surface area contributed by atoms with Crippen molar-refractivity contribution in [3.63, 3.8) is 0 Å². The summed E-state index contributed by atoms with van der Waals surface area (Å²) in [4.78, 5) is 10.9. The van der Waals surface area contributed by atoms with Gasteiger partial charge in [-0.25, -0.2) is 0 Å². The minimum Gasteiger partial charge on any atom is -0.314 e. The predicted molar refractivity (Wildman–Crippen MR) is 42.8 cm³/mol. The minimum absolute atomic E-state index is 0.304. The molecule has 1 heterocycles. The summed E-state index contributed by atoms with van der Waals surface area (Å²) < 4.78 is 36.2. The van der Waals surface area contributed by atoms with Gasteiger partial charge in [-0.2, -0.15) is 13.2 Å². The Labute approximate surface area is 79.0 Å². The average Bonchev–Trinajstić information content (AvgIpc) is 2.78. The van der Waals surface area contributed by atoms with Crippen molar-refractivity contribution in [1.82, 2.24) is 10.6 Å². The lowest BCUT2D eigenvalue weighted by Gasteiger charge is -2.25. The highest BCUT2D eigenvalue weighted by Crippen LogP contribution is 2.47. The summed E-state index contributed by atoms with van der Waals surface area (Å²) in [5, 5.41) is 5.98. The first-order valence-electron chi connectivity index (χ1n) is 4.52. The predicted octanol–water partition coefficient (Wildman–Crippen LogP) is 0.0693. The van der Waals surface area contributed by atoms with Crippen LogP contribution in [0, 0.1) is 5.92 Å². The van der Waals surface area contributed by atoms with E-state index >= 15 is 0 Å². The second kappa shape index (κ2) is 2.93. The van der Waals surface area contributed by atoms with E-state index in [-0.39, 0.29) is 0 Å². The summed E-state index contributed by atoms with van der Waals surface area (Å²) in [6.45, 7) is 1.83. The van der Waals surface area contributed by atoms with Gasteiger partial charge in [0.15, 0.2) is 0 Å². The summed E-state index contributed by atoms with van der Waals surface area (Å²) in [7, 11) is 0. The quantitative estimate of drug-likeness (QED) is 0.640. The average molecular weight is 208 g/mol. The van der Waals surface area contributed by atoms with E-state index in [2.05, 4.69) is 10.6 Å². The number of rotatable bonds is 1. The Morgan fingerprint density at radius 2 is 2.07 bits per heavy atom. The lowest BCUT2D eigenvalue weighted by atomic mass is 10.1. The Balaban J connectivity index is 2.00. The van der Waals surface area contributed by atoms with Gasteiger partial charge in [0.1, 0.15) is 0 Å². The van der Waals surface area contributed by atoms with Crippen molar-refractivity contribution >= 4 is 5.78 Å². The van der Waals surface area contributed by atoms with Gasteiger partial charge >= 0.3 is 6.18 Å². The summed E-state index contributed by atoms with van der Waals surface area (Å²) in [5.74, 6) is -2.47. The van der Waals surface area contributed by atoms with Gasteiger partial charge in [0.05, 0.1) is 0 Å². The Bertz CT molecular complexity index is 258. The van der Waals surface area contributed by atoms with Crippen LogP contribution in [0.1, 0.15) is 6.42 Å². The molecule has 0 aromatic carbocycles. The molecule has 14 heavy (non-hydrogen) atoms. The van der Waals surface area contributed by atoms with Crippen LogP contribution in [-0.2, 0) is 4.79 Å². The van der Waals surface area contributed by atoms with Crippen LogP contribution in [0.15, 0.2) is 0 Å². The van der Waals surface area contributed by atoms with E-state index in [0.29, 0.717) is 19.5 Å². The second-order valence-corrected chi connectivity index (χ2v) is 3.88. The van der Waals surface area contributed by atoms with E-state index in [4.69, 9.17) is 0 Å². The molecule has 2 fully saturated rings. The topological polar surface area (TPSA) is 41.1 Å². The molecule has 1 aliphatic carbocycles. The number of nitrogens with one attached hydrogen (secondary N) is 2. The molecule has 1 saturated carbocycles. The third-order valence-corrected chi connectivity index (χ3v) is 2.89. The highest BCUT2D eigenvalue weighted by molar-refractivity contribution is 5.90. The summed E-state index contributed by atoms with van der Waals surface area (Å²) in [6.07, 6.45) is -4.38. The molecule has 2 unspecified atom stereocenters. The number of halogens is 3. The molecule has 3 nitrogen and oxygen atoms in total. The molecule has 0 bridgehead atoms. The van der Waals surface area contributed by atoms with Crippen molar-refractivity contribution in [2.75, 3.05) is 19.6 Å². The molecule has 80 valence electrons. The third kappa shape index (κ3) is 1.52. The third-order valence-electron chi connectivity index (χ3n) is 2.89. The lowest BCUT2D eigenvalue weighted by molar-refractivity contribution is -0.173. The molecule has 0 aromatic heterocycles. The first-order valence-corrected chi connectivity index (χ1v) is 4.52. The van der Waals surface area contributed by atoms with Crippen LogP contribution in [0.4, 0.5) is 13.2 Å². The van der Waals surface area contributed by atoms with Crippen LogP contribution < -0.4 is 10.6 Å². The molecule has 2 atom stereocenters. The zero-order valence-electron chi connectivity index (χ0n) is 7.45. The monoisotopic (exact) mass is 208 g/mol. The van der Waals surface area contributed by atoms with Crippen molar-refractivity contribution < 1.29 is 18.0 Å². The SMILES string of the molecule is O=C(C1CC12CNCCN2)C(F)(F)F. The van der Waals surface area contributed by atoms with E-state index in [1.807, 2.05) is 0 Å². The molecule has 2 rings (SSSR count). The number of Topliss-reactive ketones (excluding diaryl/α,β-unsaturated/α-hetero) is 1. The number of carbonyl (C=O) groups is 1. The lowest BCUT2D eigenvalue weighted by Crippen LogP contribution is -2.52. The maximum Gasteiger partial charge on any atom is 0.450 e. The van der Waals surface area contributed by atoms with E-state index in [0.717, 1.165) is 6.54 Å². The van der Waals surface area contributed by atoms with Crippen molar-refractivity contribution in [2.45, 2.75) is 18.1 Å². The standard InChI is InChI=1S/C8H11F3N2O/c9-8(10,11)6(14)5-3-7(5)4-12-1-2-13-7/h5,12-13H,1-4H2. The van der Waals surface area contributed by atoms with Crippen molar-refractivity contribution in [3.8, 4) is 0 Å². The molecular weight excluding hydrogens is 197 g/mol. The Morgan fingerprint density at radius 3 is 2.57 bits per heavy atom. The van der Waals surface area contributed by atoms with Gasteiger partial charge < -0.3 is 10.6 Å². The highest BCUT2D eigenvalue weighted by Gasteiger charge is 2.63. The first kappa shape index (κ1) is 9.92. The van der Waals surface area contributed by atoms with E-state index in [1.165, 1.54) is 0 Å². The number of hydrogen-bond donors (Lipinski definition) is 2. The molecule has 2 aliphatic rings. The van der Waals surface area contributed by atoms with Crippen LogP contribution in [0.25, 0.3) is 0 Å². The molecule has 2 N–H and O–H groups in total. The smallest absolute Gasteiger partial charge is 0.314 e. The van der Waals surface area contributed by atoms with Crippen LogP contribution in [-0.4, -0.2) is 37.1 Å². The molecule has 0 amide bonds. The first-order chi connectivity index (χ1) is 6.46. The van der Waals surface area contributed by atoms with E-state index in [1.54, 1.807) is 0 Å². The second-order valence-electron chi connectivity index (χ2n) is 3.88. The summed E-state index contributed by atoms with van der Waals surface area (Å²) in [6, 6.07) is 0. The van der Waals surface area contributed by atoms with Crippen molar-refractivity contribution in [1.29, 1.82) is 0 Å². The van der Waals surface area contributed by atoms with Gasteiger partial charge in [-0.15, -0.1) is 0 Å². The maximum atomic E-state index is 12.1. The van der Waals surface area contributed by atoms with Crippen LogP contribution in [0.2, 0.25) is 0 Å². The number of alkyl halides is 3.